The summed E-state index contributed by atoms with van der Waals surface area (Å²) in [5, 5.41) is 8.57. The molecule has 1 heterocycles. The first-order valence-electron chi connectivity index (χ1n) is 7.60. The Morgan fingerprint density at radius 2 is 1.75 bits per heavy atom. The molecule has 0 atom stereocenters. The average molecular weight is 285 g/mol. The number of rotatable bonds is 10. The Hall–Kier alpha value is -1.10. The first-order valence-corrected chi connectivity index (χ1v) is 7.60. The van der Waals surface area contributed by atoms with E-state index >= 15 is 0 Å². The van der Waals surface area contributed by atoms with Crippen molar-refractivity contribution in [2.75, 3.05) is 19.7 Å². The van der Waals surface area contributed by atoms with Gasteiger partial charge in [-0.05, 0) is 13.3 Å². The molecular weight excluding hydrogens is 258 g/mol. The maximum Gasteiger partial charge on any atom is 0.329 e. The molecule has 1 aliphatic heterocycles. The fraction of sp³-hybridized carbons (Fsp3) is 0.867. The van der Waals surface area contributed by atoms with Gasteiger partial charge in [0.05, 0.1) is 13.1 Å². The average Bonchev–Trinajstić information content (AvgIpc) is 2.37. The van der Waals surface area contributed by atoms with Gasteiger partial charge in [0.25, 0.3) is 0 Å². The molecule has 1 rings (SSSR count). The molecule has 5 heteroatoms. The van der Waals surface area contributed by atoms with E-state index in [1.165, 1.54) is 25.7 Å². The lowest BCUT2D eigenvalue weighted by molar-refractivity contribution is -0.173. The largest absolute Gasteiger partial charge is 0.480 e. The molecule has 0 aromatic heterocycles. The van der Waals surface area contributed by atoms with Crippen LogP contribution in [0.15, 0.2) is 0 Å². The number of hydrogen-bond acceptors (Lipinski definition) is 3. The Morgan fingerprint density at radius 1 is 1.15 bits per heavy atom. The van der Waals surface area contributed by atoms with Crippen molar-refractivity contribution >= 4 is 11.9 Å². The molecule has 0 aromatic carbocycles. The molecule has 0 radical (unpaired) electrons. The van der Waals surface area contributed by atoms with Gasteiger partial charge in [-0.25, -0.2) is 4.79 Å². The Kier molecular flexibility index (Phi) is 6.99. The smallest absolute Gasteiger partial charge is 0.329 e. The van der Waals surface area contributed by atoms with Gasteiger partial charge in [0, 0.05) is 6.42 Å². The second-order valence-corrected chi connectivity index (χ2v) is 5.90. The third-order valence-corrected chi connectivity index (χ3v) is 3.69. The zero-order chi connectivity index (χ0) is 15.0. The number of hydrogen-bond donors (Lipinski definition) is 1. The monoisotopic (exact) mass is 285 g/mol. The maximum absolute atomic E-state index is 11.9. The highest BCUT2D eigenvalue weighted by atomic mass is 16.5. The third-order valence-electron chi connectivity index (χ3n) is 3.69. The van der Waals surface area contributed by atoms with Crippen molar-refractivity contribution in [3.8, 4) is 0 Å². The van der Waals surface area contributed by atoms with Crippen molar-refractivity contribution in [2.45, 2.75) is 64.4 Å². The van der Waals surface area contributed by atoms with Gasteiger partial charge in [0.2, 0.25) is 5.91 Å². The third kappa shape index (κ3) is 5.90. The Morgan fingerprint density at radius 3 is 2.35 bits per heavy atom. The topological polar surface area (TPSA) is 66.8 Å². The summed E-state index contributed by atoms with van der Waals surface area (Å²) in [6, 6.07) is 0. The van der Waals surface area contributed by atoms with Crippen molar-refractivity contribution in [2.24, 2.45) is 0 Å². The van der Waals surface area contributed by atoms with Crippen LogP contribution in [0, 0.1) is 0 Å². The molecule has 1 fully saturated rings. The molecule has 1 saturated heterocycles. The highest BCUT2D eigenvalue weighted by Gasteiger charge is 2.42. The van der Waals surface area contributed by atoms with E-state index in [1.54, 1.807) is 4.90 Å². The van der Waals surface area contributed by atoms with E-state index in [0.29, 0.717) is 19.5 Å². The summed E-state index contributed by atoms with van der Waals surface area (Å²) in [6.45, 7) is 4.77. The number of nitrogens with zero attached hydrogens (tertiary/aromatic N) is 1. The predicted molar refractivity (Wildman–Crippen MR) is 76.6 cm³/mol. The summed E-state index contributed by atoms with van der Waals surface area (Å²) in [5.74, 6) is -0.806. The minimum atomic E-state index is -0.969. The fourth-order valence-electron chi connectivity index (χ4n) is 2.48. The summed E-state index contributed by atoms with van der Waals surface area (Å²) in [4.78, 5) is 24.1. The van der Waals surface area contributed by atoms with Crippen molar-refractivity contribution in [1.82, 2.24) is 4.90 Å². The number of unbranched alkanes of at least 4 members (excludes halogenated alkanes) is 5. The summed E-state index contributed by atoms with van der Waals surface area (Å²) in [5.41, 5.74) is -0.477. The van der Waals surface area contributed by atoms with Crippen molar-refractivity contribution < 1.29 is 19.4 Å². The van der Waals surface area contributed by atoms with Crippen molar-refractivity contribution in [1.29, 1.82) is 0 Å². The molecule has 116 valence electrons. The van der Waals surface area contributed by atoms with Gasteiger partial charge < -0.3 is 14.7 Å². The van der Waals surface area contributed by atoms with Gasteiger partial charge in [-0.2, -0.15) is 0 Å². The Labute approximate surface area is 121 Å². The van der Waals surface area contributed by atoms with Crippen LogP contribution in [0.3, 0.4) is 0 Å². The normalized spacial score (nSPS) is 16.8. The van der Waals surface area contributed by atoms with E-state index < -0.39 is 11.6 Å². The van der Waals surface area contributed by atoms with Gasteiger partial charge in [-0.15, -0.1) is 0 Å². The molecule has 5 nitrogen and oxygen atoms in total. The molecule has 1 aliphatic rings. The second kappa shape index (κ2) is 8.25. The van der Waals surface area contributed by atoms with Crippen LogP contribution in [0.5, 0.6) is 0 Å². The van der Waals surface area contributed by atoms with Crippen LogP contribution in [-0.2, 0) is 14.3 Å². The molecule has 1 N–H and O–H groups in total. The van der Waals surface area contributed by atoms with Crippen LogP contribution in [0.25, 0.3) is 0 Å². The van der Waals surface area contributed by atoms with Crippen LogP contribution >= 0.6 is 0 Å². The quantitative estimate of drug-likeness (QED) is 0.626. The molecule has 0 bridgehead atoms. The lowest BCUT2D eigenvalue weighted by atomic mass is 9.95. The summed E-state index contributed by atoms with van der Waals surface area (Å²) in [7, 11) is 0. The van der Waals surface area contributed by atoms with Crippen molar-refractivity contribution in [3.05, 3.63) is 0 Å². The first-order chi connectivity index (χ1) is 9.47. The van der Waals surface area contributed by atoms with Crippen LogP contribution < -0.4 is 0 Å². The highest BCUT2D eigenvalue weighted by Crippen LogP contribution is 2.25. The van der Waals surface area contributed by atoms with Gasteiger partial charge >= 0.3 is 5.97 Å². The number of carboxylic acid groups (broad SMARTS) is 1. The van der Waals surface area contributed by atoms with Gasteiger partial charge in [-0.1, -0.05) is 39.0 Å². The van der Waals surface area contributed by atoms with Crippen LogP contribution in [0.2, 0.25) is 0 Å². The zero-order valence-electron chi connectivity index (χ0n) is 12.7. The number of carboxylic acids is 1. The molecule has 1 amide bonds. The molecule has 20 heavy (non-hydrogen) atoms. The lowest BCUT2D eigenvalue weighted by Gasteiger charge is -2.47. The van der Waals surface area contributed by atoms with E-state index in [2.05, 4.69) is 6.92 Å². The van der Waals surface area contributed by atoms with E-state index in [0.717, 1.165) is 12.8 Å². The van der Waals surface area contributed by atoms with E-state index in [4.69, 9.17) is 9.84 Å². The lowest BCUT2D eigenvalue weighted by Crippen LogP contribution is -2.63. The number of carbonyl (C=O) groups excluding carboxylic acids is 1. The van der Waals surface area contributed by atoms with E-state index in [9.17, 15) is 9.59 Å². The summed E-state index contributed by atoms with van der Waals surface area (Å²) in [6.07, 6.45) is 7.65. The van der Waals surface area contributed by atoms with Crippen LogP contribution in [0.1, 0.15) is 58.8 Å². The fourth-order valence-corrected chi connectivity index (χ4v) is 2.48. The number of aliphatic carboxylic acids is 1. The van der Waals surface area contributed by atoms with Crippen molar-refractivity contribution in [3.63, 3.8) is 0 Å². The SMILES string of the molecule is CCCCCCCCC(=O)N1CC(C)(OCC(=O)O)C1. The molecule has 0 unspecified atom stereocenters. The number of ether oxygens (including phenoxy) is 1. The molecular formula is C15H27NO4. The summed E-state index contributed by atoms with van der Waals surface area (Å²) < 4.78 is 5.28. The van der Waals surface area contributed by atoms with Crippen LogP contribution in [-0.4, -0.2) is 47.2 Å². The number of amides is 1. The standard InChI is InChI=1S/C15H27NO4/c1-3-4-5-6-7-8-9-13(17)16-11-15(2,12-16)20-10-14(18)19/h3-12H2,1-2H3,(H,18,19). The maximum atomic E-state index is 11.9. The number of likely N-dealkylation sites (tertiary alicyclic amines) is 1. The Bertz CT molecular complexity index is 324. The van der Waals surface area contributed by atoms with Crippen LogP contribution in [0.4, 0.5) is 0 Å². The van der Waals surface area contributed by atoms with Gasteiger partial charge in [-0.3, -0.25) is 4.79 Å². The van der Waals surface area contributed by atoms with Gasteiger partial charge in [0.15, 0.2) is 0 Å². The Balaban J connectivity index is 2.07. The highest BCUT2D eigenvalue weighted by molar-refractivity contribution is 5.77. The van der Waals surface area contributed by atoms with Gasteiger partial charge in [0.1, 0.15) is 12.2 Å². The minimum absolute atomic E-state index is 0.164. The summed E-state index contributed by atoms with van der Waals surface area (Å²) >= 11 is 0. The zero-order valence-corrected chi connectivity index (χ0v) is 12.7. The molecule has 0 aliphatic carbocycles. The predicted octanol–water partition coefficient (Wildman–Crippen LogP) is 2.44. The minimum Gasteiger partial charge on any atom is -0.480 e. The van der Waals surface area contributed by atoms with E-state index in [-0.39, 0.29) is 12.5 Å². The second-order valence-electron chi connectivity index (χ2n) is 5.90. The molecule has 0 saturated carbocycles. The molecule has 0 aromatic rings. The molecule has 0 spiro atoms. The first kappa shape index (κ1) is 17.0. The van der Waals surface area contributed by atoms with E-state index in [1.807, 2.05) is 6.92 Å². The number of carbonyl (C=O) groups is 2.